The fourth-order valence-corrected chi connectivity index (χ4v) is 4.01. The largest absolute Gasteiger partial charge is 0.330 e. The van der Waals surface area contributed by atoms with E-state index in [-0.39, 0.29) is 0 Å². The lowest BCUT2D eigenvalue weighted by Gasteiger charge is -2.36. The molecule has 1 saturated heterocycles. The van der Waals surface area contributed by atoms with Gasteiger partial charge < -0.3 is 5.73 Å². The highest BCUT2D eigenvalue weighted by molar-refractivity contribution is 8.01. The van der Waals surface area contributed by atoms with Gasteiger partial charge >= 0.3 is 0 Å². The summed E-state index contributed by atoms with van der Waals surface area (Å²) >= 11 is 2.18. The van der Waals surface area contributed by atoms with Crippen molar-refractivity contribution in [3.63, 3.8) is 0 Å². The Morgan fingerprint density at radius 3 is 2.38 bits per heavy atom. The molecule has 1 heterocycles. The van der Waals surface area contributed by atoms with Crippen LogP contribution >= 0.6 is 11.8 Å². The van der Waals surface area contributed by atoms with Crippen molar-refractivity contribution in [2.75, 3.05) is 12.3 Å². The minimum Gasteiger partial charge on any atom is -0.330 e. The Morgan fingerprint density at radius 1 is 1.23 bits per heavy atom. The van der Waals surface area contributed by atoms with Gasteiger partial charge in [-0.2, -0.15) is 11.8 Å². The summed E-state index contributed by atoms with van der Waals surface area (Å²) in [5.41, 5.74) is 5.70. The SMILES string of the molecule is NCCC(C1CCCC1)C1CCS1. The van der Waals surface area contributed by atoms with Gasteiger partial charge in [0.25, 0.3) is 0 Å². The lowest BCUT2D eigenvalue weighted by molar-refractivity contribution is 0.303. The Hall–Kier alpha value is 0.310. The maximum atomic E-state index is 5.70. The standard InChI is InChI=1S/C11H21NS/c12-7-5-10(11-6-8-13-11)9-3-1-2-4-9/h9-11H,1-8,12H2. The lowest BCUT2D eigenvalue weighted by Crippen LogP contribution is -2.32. The molecule has 2 aliphatic rings. The molecule has 1 aliphatic carbocycles. The van der Waals surface area contributed by atoms with Crippen molar-refractivity contribution < 1.29 is 0 Å². The van der Waals surface area contributed by atoms with Gasteiger partial charge in [-0.15, -0.1) is 0 Å². The molecular formula is C11H21NS. The number of nitrogens with two attached hydrogens (primary N) is 1. The molecule has 2 rings (SSSR count). The number of hydrogen-bond donors (Lipinski definition) is 1. The first kappa shape index (κ1) is 9.85. The quantitative estimate of drug-likeness (QED) is 0.753. The molecule has 0 aromatic rings. The van der Waals surface area contributed by atoms with Gasteiger partial charge in [-0.3, -0.25) is 0 Å². The molecule has 0 radical (unpaired) electrons. The predicted molar refractivity (Wildman–Crippen MR) is 60.0 cm³/mol. The van der Waals surface area contributed by atoms with Crippen molar-refractivity contribution in [2.24, 2.45) is 17.6 Å². The molecule has 2 unspecified atom stereocenters. The molecular weight excluding hydrogens is 178 g/mol. The van der Waals surface area contributed by atoms with E-state index in [1.165, 1.54) is 44.3 Å². The molecule has 2 heteroatoms. The van der Waals surface area contributed by atoms with E-state index in [4.69, 9.17) is 5.73 Å². The van der Waals surface area contributed by atoms with Crippen molar-refractivity contribution in [1.82, 2.24) is 0 Å². The van der Waals surface area contributed by atoms with E-state index in [0.717, 1.165) is 23.6 Å². The van der Waals surface area contributed by atoms with Gasteiger partial charge in [0.2, 0.25) is 0 Å². The minimum atomic E-state index is 0.901. The first-order valence-electron chi connectivity index (χ1n) is 5.73. The summed E-state index contributed by atoms with van der Waals surface area (Å²) in [5, 5.41) is 0.978. The molecule has 0 spiro atoms. The van der Waals surface area contributed by atoms with E-state index in [2.05, 4.69) is 11.8 Å². The van der Waals surface area contributed by atoms with Crippen LogP contribution in [0.2, 0.25) is 0 Å². The summed E-state index contributed by atoms with van der Waals surface area (Å²) in [4.78, 5) is 0. The van der Waals surface area contributed by atoms with Crippen LogP contribution in [-0.2, 0) is 0 Å². The summed E-state index contributed by atoms with van der Waals surface area (Å²) in [5.74, 6) is 3.39. The average Bonchev–Trinajstić information content (AvgIpc) is 2.51. The van der Waals surface area contributed by atoms with Crippen LogP contribution in [0, 0.1) is 11.8 Å². The fourth-order valence-electron chi connectivity index (χ4n) is 2.89. The molecule has 1 aliphatic heterocycles. The topological polar surface area (TPSA) is 26.0 Å². The van der Waals surface area contributed by atoms with Crippen LogP contribution in [0.4, 0.5) is 0 Å². The fraction of sp³-hybridized carbons (Fsp3) is 1.00. The second-order valence-corrected chi connectivity index (χ2v) is 5.83. The zero-order valence-corrected chi connectivity index (χ0v) is 9.19. The van der Waals surface area contributed by atoms with Gasteiger partial charge in [0.1, 0.15) is 0 Å². The predicted octanol–water partition coefficient (Wildman–Crippen LogP) is 2.65. The minimum absolute atomic E-state index is 0.901. The number of rotatable bonds is 4. The van der Waals surface area contributed by atoms with Crippen LogP contribution in [0.5, 0.6) is 0 Å². The van der Waals surface area contributed by atoms with Gasteiger partial charge in [0.05, 0.1) is 0 Å². The van der Waals surface area contributed by atoms with E-state index in [1.54, 1.807) is 0 Å². The van der Waals surface area contributed by atoms with Crippen molar-refractivity contribution >= 4 is 11.8 Å². The van der Waals surface area contributed by atoms with Crippen LogP contribution in [-0.4, -0.2) is 17.5 Å². The molecule has 2 atom stereocenters. The van der Waals surface area contributed by atoms with Gasteiger partial charge in [-0.05, 0) is 37.0 Å². The van der Waals surface area contributed by atoms with Crippen molar-refractivity contribution in [2.45, 2.75) is 43.8 Å². The van der Waals surface area contributed by atoms with Crippen molar-refractivity contribution in [3.05, 3.63) is 0 Å². The van der Waals surface area contributed by atoms with Crippen LogP contribution in [0.1, 0.15) is 38.5 Å². The van der Waals surface area contributed by atoms with E-state index < -0.39 is 0 Å². The van der Waals surface area contributed by atoms with E-state index in [0.29, 0.717) is 0 Å². The smallest absolute Gasteiger partial charge is 0.00862 e. The summed E-state index contributed by atoms with van der Waals surface area (Å²) in [7, 11) is 0. The van der Waals surface area contributed by atoms with Crippen LogP contribution in [0.25, 0.3) is 0 Å². The first-order valence-corrected chi connectivity index (χ1v) is 6.78. The molecule has 13 heavy (non-hydrogen) atoms. The second-order valence-electron chi connectivity index (χ2n) is 4.48. The number of hydrogen-bond acceptors (Lipinski definition) is 2. The molecule has 1 saturated carbocycles. The third-order valence-electron chi connectivity index (χ3n) is 3.72. The second kappa shape index (κ2) is 4.70. The van der Waals surface area contributed by atoms with E-state index in [1.807, 2.05) is 0 Å². The highest BCUT2D eigenvalue weighted by Crippen LogP contribution is 2.44. The van der Waals surface area contributed by atoms with Crippen molar-refractivity contribution in [3.8, 4) is 0 Å². The van der Waals surface area contributed by atoms with Crippen molar-refractivity contribution in [1.29, 1.82) is 0 Å². The molecule has 2 N–H and O–H groups in total. The third-order valence-corrected chi connectivity index (χ3v) is 5.20. The van der Waals surface area contributed by atoms with Crippen LogP contribution in [0.3, 0.4) is 0 Å². The molecule has 2 fully saturated rings. The van der Waals surface area contributed by atoms with E-state index in [9.17, 15) is 0 Å². The number of thioether (sulfide) groups is 1. The highest BCUT2D eigenvalue weighted by Gasteiger charge is 2.34. The molecule has 76 valence electrons. The maximum Gasteiger partial charge on any atom is 0.00862 e. The third kappa shape index (κ3) is 2.21. The van der Waals surface area contributed by atoms with E-state index >= 15 is 0 Å². The van der Waals surface area contributed by atoms with Gasteiger partial charge in [0, 0.05) is 5.25 Å². The molecule has 0 amide bonds. The summed E-state index contributed by atoms with van der Waals surface area (Å²) < 4.78 is 0. The molecule has 0 bridgehead atoms. The molecule has 0 aromatic heterocycles. The normalized spacial score (nSPS) is 31.6. The maximum absolute atomic E-state index is 5.70. The van der Waals surface area contributed by atoms with Gasteiger partial charge in [-0.25, -0.2) is 0 Å². The zero-order chi connectivity index (χ0) is 9.10. The van der Waals surface area contributed by atoms with Gasteiger partial charge in [0.15, 0.2) is 0 Å². The zero-order valence-electron chi connectivity index (χ0n) is 8.37. The molecule has 1 nitrogen and oxygen atoms in total. The summed E-state index contributed by atoms with van der Waals surface area (Å²) in [6, 6.07) is 0. The summed E-state index contributed by atoms with van der Waals surface area (Å²) in [6.07, 6.45) is 8.67. The highest BCUT2D eigenvalue weighted by atomic mass is 32.2. The monoisotopic (exact) mass is 199 g/mol. The Morgan fingerprint density at radius 2 is 1.92 bits per heavy atom. The van der Waals surface area contributed by atoms with Crippen LogP contribution < -0.4 is 5.73 Å². The average molecular weight is 199 g/mol. The Kier molecular flexibility index (Phi) is 3.56. The Labute approximate surface area is 85.8 Å². The molecule has 0 aromatic carbocycles. The van der Waals surface area contributed by atoms with Crippen LogP contribution in [0.15, 0.2) is 0 Å². The Balaban J connectivity index is 1.86. The first-order chi connectivity index (χ1) is 6.42. The summed E-state index contributed by atoms with van der Waals surface area (Å²) in [6.45, 7) is 0.901. The van der Waals surface area contributed by atoms with Gasteiger partial charge in [-0.1, -0.05) is 25.7 Å². The Bertz CT molecular complexity index is 150. The lowest BCUT2D eigenvalue weighted by atomic mass is 9.84.